The van der Waals surface area contributed by atoms with Gasteiger partial charge in [0.15, 0.2) is 0 Å². The molecule has 6 rings (SSSR count). The van der Waals surface area contributed by atoms with Crippen molar-refractivity contribution >= 4 is 28.1 Å². The number of aromatic nitrogens is 5. The Kier molecular flexibility index (Phi) is 3.62. The fourth-order valence-corrected chi connectivity index (χ4v) is 4.24. The summed E-state index contributed by atoms with van der Waals surface area (Å²) in [5.74, 6) is 3.26. The number of H-pyrrole nitrogens is 1. The molecule has 0 atom stereocenters. The van der Waals surface area contributed by atoms with Crippen molar-refractivity contribution in [2.75, 3.05) is 25.1 Å². The fourth-order valence-electron chi connectivity index (χ4n) is 4.24. The molecule has 1 aliphatic carbocycles. The van der Waals surface area contributed by atoms with Crippen LogP contribution in [0.15, 0.2) is 42.9 Å². The third kappa shape index (κ3) is 2.76. The van der Waals surface area contributed by atoms with Gasteiger partial charge >= 0.3 is 0 Å². The van der Waals surface area contributed by atoms with Gasteiger partial charge in [0.25, 0.3) is 5.78 Å². The highest BCUT2D eigenvalue weighted by atomic mass is 16.5. The highest BCUT2D eigenvalue weighted by Gasteiger charge is 2.28. The van der Waals surface area contributed by atoms with Crippen molar-refractivity contribution in [2.24, 2.45) is 0 Å². The minimum atomic E-state index is 0.590. The van der Waals surface area contributed by atoms with Crippen LogP contribution in [0.25, 0.3) is 22.3 Å². The zero-order valence-corrected chi connectivity index (χ0v) is 16.3. The first-order chi connectivity index (χ1) is 14.3. The van der Waals surface area contributed by atoms with Crippen molar-refractivity contribution in [3.05, 3.63) is 54.1 Å². The predicted molar refractivity (Wildman–Crippen MR) is 112 cm³/mol. The minimum Gasteiger partial charge on any atom is -0.497 e. The average molecular weight is 386 g/mol. The summed E-state index contributed by atoms with van der Waals surface area (Å²) in [5, 5.41) is 5.62. The van der Waals surface area contributed by atoms with E-state index in [2.05, 4.69) is 50.4 Å². The summed E-state index contributed by atoms with van der Waals surface area (Å²) in [6.07, 6.45) is 9.45. The molecule has 2 aliphatic rings. The number of nitrogens with one attached hydrogen (secondary N) is 1. The Balaban J connectivity index is 1.34. The zero-order chi connectivity index (χ0) is 19.4. The lowest BCUT2D eigenvalue weighted by Gasteiger charge is -2.28. The molecule has 0 saturated heterocycles. The van der Waals surface area contributed by atoms with Crippen molar-refractivity contribution < 1.29 is 4.74 Å². The van der Waals surface area contributed by atoms with Crippen molar-refractivity contribution in [3.8, 4) is 5.75 Å². The molecule has 4 aromatic rings. The van der Waals surface area contributed by atoms with Crippen LogP contribution in [-0.2, 0) is 0 Å². The molecule has 0 amide bonds. The summed E-state index contributed by atoms with van der Waals surface area (Å²) in [4.78, 5) is 14.8. The van der Waals surface area contributed by atoms with Crippen LogP contribution in [0.3, 0.4) is 0 Å². The number of hydrogen-bond donors (Lipinski definition) is 1. The maximum absolute atomic E-state index is 5.41. The van der Waals surface area contributed by atoms with E-state index in [4.69, 9.17) is 9.72 Å². The second-order valence-corrected chi connectivity index (χ2v) is 7.82. The predicted octanol–water partition coefficient (Wildman–Crippen LogP) is 3.79. The Morgan fingerprint density at radius 3 is 2.93 bits per heavy atom. The summed E-state index contributed by atoms with van der Waals surface area (Å²) >= 11 is 0. The molecule has 7 heteroatoms. The van der Waals surface area contributed by atoms with Crippen molar-refractivity contribution in [2.45, 2.75) is 25.2 Å². The summed E-state index contributed by atoms with van der Waals surface area (Å²) in [7, 11) is 1.71. The van der Waals surface area contributed by atoms with E-state index in [9.17, 15) is 0 Å². The van der Waals surface area contributed by atoms with E-state index in [0.29, 0.717) is 11.7 Å². The van der Waals surface area contributed by atoms with E-state index < -0.39 is 0 Å². The lowest BCUT2D eigenvalue weighted by molar-refractivity contribution is 0.415. The van der Waals surface area contributed by atoms with E-state index in [-0.39, 0.29) is 0 Å². The lowest BCUT2D eigenvalue weighted by Crippen LogP contribution is -2.30. The van der Waals surface area contributed by atoms with Crippen LogP contribution in [0.5, 0.6) is 5.75 Å². The van der Waals surface area contributed by atoms with Gasteiger partial charge in [0, 0.05) is 47.7 Å². The maximum Gasteiger partial charge on any atom is 0.254 e. The fraction of sp³-hybridized carbons (Fsp3) is 0.318. The standard InChI is InChI=1S/C22H22N6O/c1-29-16-4-5-19-17(10-16)18(12-23-19)14-6-8-27(9-7-14)21-11-20(15-2-3-15)26-22-24-13-25-28(21)22/h4-6,10-13,15,23H,2-3,7-9H2,1H3. The SMILES string of the molecule is COc1ccc2[nH]cc(C3=CCN(c4cc(C5CC5)nc5ncnn45)CC3)c2c1. The van der Waals surface area contributed by atoms with Gasteiger partial charge in [-0.3, -0.25) is 0 Å². The highest BCUT2D eigenvalue weighted by Crippen LogP contribution is 2.40. The Morgan fingerprint density at radius 1 is 1.21 bits per heavy atom. The summed E-state index contributed by atoms with van der Waals surface area (Å²) in [5.41, 5.74) is 4.92. The molecular formula is C22H22N6O. The highest BCUT2D eigenvalue weighted by molar-refractivity contribution is 5.93. The number of fused-ring (bicyclic) bond motifs is 2. The molecule has 0 radical (unpaired) electrons. The molecule has 1 saturated carbocycles. The molecule has 29 heavy (non-hydrogen) atoms. The number of aromatic amines is 1. The number of anilines is 1. The van der Waals surface area contributed by atoms with Crippen molar-refractivity contribution in [3.63, 3.8) is 0 Å². The molecule has 4 heterocycles. The number of methoxy groups -OCH3 is 1. The molecule has 1 aliphatic heterocycles. The topological polar surface area (TPSA) is 71.3 Å². The van der Waals surface area contributed by atoms with Crippen LogP contribution >= 0.6 is 0 Å². The molecule has 7 nitrogen and oxygen atoms in total. The van der Waals surface area contributed by atoms with Gasteiger partial charge in [-0.1, -0.05) is 6.08 Å². The van der Waals surface area contributed by atoms with E-state index in [1.54, 1.807) is 13.4 Å². The van der Waals surface area contributed by atoms with Gasteiger partial charge in [-0.25, -0.2) is 4.98 Å². The summed E-state index contributed by atoms with van der Waals surface area (Å²) in [6, 6.07) is 8.38. The Labute approximate surface area is 168 Å². The van der Waals surface area contributed by atoms with Crippen LogP contribution in [0.1, 0.15) is 36.4 Å². The molecule has 146 valence electrons. The van der Waals surface area contributed by atoms with Gasteiger partial charge < -0.3 is 14.6 Å². The van der Waals surface area contributed by atoms with Crippen LogP contribution in [0.2, 0.25) is 0 Å². The van der Waals surface area contributed by atoms with Gasteiger partial charge in [-0.2, -0.15) is 14.6 Å². The Bertz CT molecular complexity index is 1250. The number of rotatable bonds is 4. The van der Waals surface area contributed by atoms with Crippen LogP contribution in [0.4, 0.5) is 5.82 Å². The Morgan fingerprint density at radius 2 is 2.14 bits per heavy atom. The van der Waals surface area contributed by atoms with E-state index in [1.807, 2.05) is 10.6 Å². The first kappa shape index (κ1) is 16.6. The lowest BCUT2D eigenvalue weighted by atomic mass is 9.98. The third-order valence-electron chi connectivity index (χ3n) is 6.02. The quantitative estimate of drug-likeness (QED) is 0.578. The number of nitrogens with zero attached hydrogens (tertiary/aromatic N) is 5. The minimum absolute atomic E-state index is 0.590. The summed E-state index contributed by atoms with van der Waals surface area (Å²) in [6.45, 7) is 1.78. The number of benzene rings is 1. The molecule has 0 bridgehead atoms. The summed E-state index contributed by atoms with van der Waals surface area (Å²) < 4.78 is 7.28. The third-order valence-corrected chi connectivity index (χ3v) is 6.02. The van der Waals surface area contributed by atoms with Gasteiger partial charge in [-0.15, -0.1) is 0 Å². The smallest absolute Gasteiger partial charge is 0.254 e. The number of ether oxygens (including phenoxy) is 1. The average Bonchev–Trinajstić information content (AvgIpc) is 3.36. The Hall–Kier alpha value is -3.35. The van der Waals surface area contributed by atoms with Gasteiger partial charge in [0.2, 0.25) is 0 Å². The van der Waals surface area contributed by atoms with E-state index in [0.717, 1.165) is 42.3 Å². The normalized spacial score (nSPS) is 17.1. The van der Waals surface area contributed by atoms with Crippen molar-refractivity contribution in [1.82, 2.24) is 24.6 Å². The first-order valence-electron chi connectivity index (χ1n) is 10.1. The van der Waals surface area contributed by atoms with E-state index >= 15 is 0 Å². The number of hydrogen-bond acceptors (Lipinski definition) is 5. The van der Waals surface area contributed by atoms with Crippen LogP contribution in [-0.4, -0.2) is 44.8 Å². The van der Waals surface area contributed by atoms with E-state index in [1.165, 1.54) is 29.4 Å². The van der Waals surface area contributed by atoms with Gasteiger partial charge in [-0.05, 0) is 43.0 Å². The zero-order valence-electron chi connectivity index (χ0n) is 16.3. The van der Waals surface area contributed by atoms with Gasteiger partial charge in [0.1, 0.15) is 17.9 Å². The maximum atomic E-state index is 5.41. The molecule has 0 spiro atoms. The molecule has 1 N–H and O–H groups in total. The van der Waals surface area contributed by atoms with Gasteiger partial charge in [0.05, 0.1) is 12.8 Å². The molecule has 1 fully saturated rings. The molecule has 3 aromatic heterocycles. The van der Waals surface area contributed by atoms with Crippen molar-refractivity contribution in [1.29, 1.82) is 0 Å². The largest absolute Gasteiger partial charge is 0.497 e. The van der Waals surface area contributed by atoms with Crippen LogP contribution < -0.4 is 9.64 Å². The second kappa shape index (κ2) is 6.34. The monoisotopic (exact) mass is 386 g/mol. The molecule has 1 aromatic carbocycles. The molecule has 0 unspecified atom stereocenters. The molecular weight excluding hydrogens is 364 g/mol. The second-order valence-electron chi connectivity index (χ2n) is 7.82. The van der Waals surface area contributed by atoms with Crippen LogP contribution in [0, 0.1) is 0 Å². The first-order valence-corrected chi connectivity index (χ1v) is 10.1.